The molecule has 2 nitrogen and oxygen atoms in total. The Balaban J connectivity index is 0.00000264. The fraction of sp³-hybridized carbons (Fsp3) is 0.571. The van der Waals surface area contributed by atoms with Crippen LogP contribution >= 0.6 is 24.8 Å². The number of halogens is 8. The molecule has 1 atom stereocenters. The molecule has 1 saturated heterocycles. The van der Waals surface area contributed by atoms with Crippen LogP contribution in [0.3, 0.4) is 0 Å². The Morgan fingerprint density at radius 2 is 1.29 bits per heavy atom. The number of rotatable bonds is 2. The van der Waals surface area contributed by atoms with Gasteiger partial charge in [-0.15, -0.1) is 24.8 Å². The summed E-state index contributed by atoms with van der Waals surface area (Å²) in [6, 6.07) is 1.27. The third kappa shape index (κ3) is 5.68. The van der Waals surface area contributed by atoms with E-state index in [9.17, 15) is 26.3 Å². The molecule has 1 fully saturated rings. The van der Waals surface area contributed by atoms with E-state index in [-0.39, 0.29) is 36.4 Å². The number of alkyl halides is 6. The van der Waals surface area contributed by atoms with E-state index in [1.54, 1.807) is 6.92 Å². The monoisotopic (exact) mass is 398 g/mol. The molecule has 24 heavy (non-hydrogen) atoms. The summed E-state index contributed by atoms with van der Waals surface area (Å²) < 4.78 is 77.1. The third-order valence-electron chi connectivity index (χ3n) is 3.79. The second kappa shape index (κ2) is 8.60. The Kier molecular flexibility index (Phi) is 8.35. The molecule has 1 aromatic carbocycles. The van der Waals surface area contributed by atoms with Gasteiger partial charge in [-0.1, -0.05) is 0 Å². The topological polar surface area (TPSA) is 15.3 Å². The van der Waals surface area contributed by atoms with E-state index in [1.165, 1.54) is 0 Å². The number of piperazine rings is 1. The highest BCUT2D eigenvalue weighted by Gasteiger charge is 2.37. The smallest absolute Gasteiger partial charge is 0.314 e. The minimum Gasteiger partial charge on any atom is -0.314 e. The van der Waals surface area contributed by atoms with Crippen LogP contribution < -0.4 is 5.32 Å². The maximum Gasteiger partial charge on any atom is 0.416 e. The van der Waals surface area contributed by atoms with E-state index in [2.05, 4.69) is 5.32 Å². The minimum absolute atomic E-state index is 0. The van der Waals surface area contributed by atoms with E-state index in [0.29, 0.717) is 26.2 Å². The molecule has 0 aromatic heterocycles. The van der Waals surface area contributed by atoms with Gasteiger partial charge in [0.15, 0.2) is 0 Å². The van der Waals surface area contributed by atoms with E-state index in [4.69, 9.17) is 0 Å². The number of hydrogen-bond donors (Lipinski definition) is 1. The average Bonchev–Trinajstić information content (AvgIpc) is 2.45. The number of hydrogen-bond acceptors (Lipinski definition) is 2. The van der Waals surface area contributed by atoms with Crippen molar-refractivity contribution in [3.8, 4) is 0 Å². The van der Waals surface area contributed by atoms with Crippen LogP contribution in [-0.4, -0.2) is 31.1 Å². The fourth-order valence-electron chi connectivity index (χ4n) is 2.50. The molecule has 0 unspecified atom stereocenters. The van der Waals surface area contributed by atoms with Gasteiger partial charge in [-0.05, 0) is 30.7 Å². The summed E-state index contributed by atoms with van der Waals surface area (Å²) in [5.41, 5.74) is -2.50. The molecular formula is C14H18Cl2F6N2. The molecule has 10 heteroatoms. The minimum atomic E-state index is -4.81. The van der Waals surface area contributed by atoms with Crippen molar-refractivity contribution >= 4 is 24.8 Å². The molecule has 0 radical (unpaired) electrons. The van der Waals surface area contributed by atoms with Crippen LogP contribution in [-0.2, 0) is 12.4 Å². The van der Waals surface area contributed by atoms with Crippen LogP contribution in [0.4, 0.5) is 26.3 Å². The molecule has 1 aromatic rings. The number of benzene rings is 1. The van der Waals surface area contributed by atoms with Crippen LogP contribution in [0.15, 0.2) is 18.2 Å². The van der Waals surface area contributed by atoms with Crippen LogP contribution in [0.2, 0.25) is 0 Å². The number of nitrogens with one attached hydrogen (secondary N) is 1. The summed E-state index contributed by atoms with van der Waals surface area (Å²) in [7, 11) is 0. The van der Waals surface area contributed by atoms with Crippen molar-refractivity contribution in [1.29, 1.82) is 0 Å². The van der Waals surface area contributed by atoms with E-state index < -0.39 is 29.5 Å². The molecule has 0 bridgehead atoms. The maximum atomic E-state index is 12.9. The van der Waals surface area contributed by atoms with Gasteiger partial charge in [-0.2, -0.15) is 26.3 Å². The van der Waals surface area contributed by atoms with Crippen LogP contribution in [0, 0.1) is 0 Å². The lowest BCUT2D eigenvalue weighted by Gasteiger charge is -2.33. The van der Waals surface area contributed by atoms with Gasteiger partial charge in [-0.3, -0.25) is 4.90 Å². The quantitative estimate of drug-likeness (QED) is 0.736. The number of nitrogens with zero attached hydrogens (tertiary/aromatic N) is 1. The SMILES string of the molecule is C[C@H](c1cc(C(F)(F)F)cc(C(F)(F)F)c1)N1CCNCC1.Cl.Cl. The Morgan fingerprint density at radius 1 is 0.875 bits per heavy atom. The second-order valence-corrected chi connectivity index (χ2v) is 5.30. The van der Waals surface area contributed by atoms with Gasteiger partial charge in [0.2, 0.25) is 0 Å². The standard InChI is InChI=1S/C14H16F6N2.2ClH/c1-9(22-4-2-21-3-5-22)10-6-11(13(15,16)17)8-12(7-10)14(18,19)20;;/h6-9,21H,2-5H2,1H3;2*1H/t9-;;/m1../s1. The van der Waals surface area contributed by atoms with Crippen LogP contribution in [0.1, 0.15) is 29.7 Å². The van der Waals surface area contributed by atoms with Crippen molar-refractivity contribution in [2.24, 2.45) is 0 Å². The van der Waals surface area contributed by atoms with Gasteiger partial charge < -0.3 is 5.32 Å². The van der Waals surface area contributed by atoms with Crippen LogP contribution in [0.5, 0.6) is 0 Å². The van der Waals surface area contributed by atoms with E-state index >= 15 is 0 Å². The zero-order valence-electron chi connectivity index (χ0n) is 12.7. The molecule has 0 amide bonds. The fourth-order valence-corrected chi connectivity index (χ4v) is 2.50. The van der Waals surface area contributed by atoms with Crippen molar-refractivity contribution < 1.29 is 26.3 Å². The molecule has 1 aliphatic rings. The van der Waals surface area contributed by atoms with Crippen molar-refractivity contribution in [3.63, 3.8) is 0 Å². The Bertz CT molecular complexity index is 495. The first-order valence-electron chi connectivity index (χ1n) is 6.83. The largest absolute Gasteiger partial charge is 0.416 e. The first kappa shape index (κ1) is 23.3. The normalized spacial score (nSPS) is 17.6. The third-order valence-corrected chi connectivity index (χ3v) is 3.79. The molecular weight excluding hydrogens is 381 g/mol. The zero-order valence-corrected chi connectivity index (χ0v) is 14.3. The summed E-state index contributed by atoms with van der Waals surface area (Å²) in [5.74, 6) is 0. The van der Waals surface area contributed by atoms with Crippen molar-refractivity contribution in [1.82, 2.24) is 10.2 Å². The summed E-state index contributed by atoms with van der Waals surface area (Å²) in [5, 5.41) is 3.09. The molecule has 1 aliphatic heterocycles. The Morgan fingerprint density at radius 3 is 1.67 bits per heavy atom. The Labute approximate surface area is 148 Å². The van der Waals surface area contributed by atoms with Gasteiger partial charge in [0.25, 0.3) is 0 Å². The Hall–Kier alpha value is -0.700. The summed E-state index contributed by atoms with van der Waals surface area (Å²) in [6.45, 7) is 4.11. The first-order chi connectivity index (χ1) is 10.1. The van der Waals surface area contributed by atoms with Gasteiger partial charge in [0.1, 0.15) is 0 Å². The van der Waals surface area contributed by atoms with Crippen molar-refractivity contribution in [2.45, 2.75) is 25.3 Å². The predicted octanol–water partition coefficient (Wildman–Crippen LogP) is 4.53. The summed E-state index contributed by atoms with van der Waals surface area (Å²) >= 11 is 0. The van der Waals surface area contributed by atoms with Gasteiger partial charge in [0.05, 0.1) is 11.1 Å². The van der Waals surface area contributed by atoms with Crippen molar-refractivity contribution in [3.05, 3.63) is 34.9 Å². The lowest BCUT2D eigenvalue weighted by atomic mass is 9.99. The van der Waals surface area contributed by atoms with Gasteiger partial charge in [0, 0.05) is 32.2 Å². The maximum absolute atomic E-state index is 12.9. The molecule has 0 spiro atoms. The molecule has 1 N–H and O–H groups in total. The van der Waals surface area contributed by atoms with E-state index in [1.807, 2.05) is 4.90 Å². The average molecular weight is 399 g/mol. The molecule has 0 aliphatic carbocycles. The van der Waals surface area contributed by atoms with Gasteiger partial charge >= 0.3 is 12.4 Å². The van der Waals surface area contributed by atoms with E-state index in [0.717, 1.165) is 12.1 Å². The first-order valence-corrected chi connectivity index (χ1v) is 6.83. The highest BCUT2D eigenvalue weighted by Crippen LogP contribution is 2.38. The zero-order chi connectivity index (χ0) is 16.5. The highest BCUT2D eigenvalue weighted by molar-refractivity contribution is 5.85. The van der Waals surface area contributed by atoms with Gasteiger partial charge in [-0.25, -0.2) is 0 Å². The lowest BCUT2D eigenvalue weighted by molar-refractivity contribution is -0.143. The second-order valence-electron chi connectivity index (χ2n) is 5.30. The molecule has 2 rings (SSSR count). The predicted molar refractivity (Wildman–Crippen MR) is 83.8 cm³/mol. The highest BCUT2D eigenvalue weighted by atomic mass is 35.5. The molecule has 140 valence electrons. The summed E-state index contributed by atoms with van der Waals surface area (Å²) in [4.78, 5) is 1.87. The van der Waals surface area contributed by atoms with Crippen LogP contribution in [0.25, 0.3) is 0 Å². The van der Waals surface area contributed by atoms with Crippen molar-refractivity contribution in [2.75, 3.05) is 26.2 Å². The molecule has 1 heterocycles. The molecule has 0 saturated carbocycles. The lowest BCUT2D eigenvalue weighted by Crippen LogP contribution is -2.44. The summed E-state index contributed by atoms with van der Waals surface area (Å²) in [6.07, 6.45) is -9.61.